The third kappa shape index (κ3) is 5.12. The van der Waals surface area contributed by atoms with E-state index in [1.54, 1.807) is 28.3 Å². The minimum Gasteiger partial charge on any atom is -0.395 e. The van der Waals surface area contributed by atoms with Crippen LogP contribution in [0.5, 0.6) is 0 Å². The SMILES string of the molecule is Nc1c(-c2cccn(CCN3CCOCC3)c2=O)nn(C(=O)c2ccsc2)c1Cc1ccc(Cl)s1. The lowest BCUT2D eigenvalue weighted by molar-refractivity contribution is 0.0363. The molecule has 2 N–H and O–H groups in total. The molecule has 0 atom stereocenters. The molecule has 4 aromatic rings. The molecule has 0 unspecified atom stereocenters. The normalized spacial score (nSPS) is 14.4. The fourth-order valence-corrected chi connectivity index (χ4v) is 5.81. The number of nitrogens with two attached hydrogens (primary N) is 1. The maximum absolute atomic E-state index is 13.4. The monoisotopic (exact) mass is 529 g/mol. The van der Waals surface area contributed by atoms with Gasteiger partial charge in [-0.3, -0.25) is 14.5 Å². The number of halogens is 1. The molecule has 0 bridgehead atoms. The van der Waals surface area contributed by atoms with Crippen molar-refractivity contribution in [2.24, 2.45) is 0 Å². The van der Waals surface area contributed by atoms with Crippen LogP contribution >= 0.6 is 34.3 Å². The number of aromatic nitrogens is 3. The highest BCUT2D eigenvalue weighted by Crippen LogP contribution is 2.31. The third-order valence-corrected chi connectivity index (χ3v) is 7.90. The molecule has 1 fully saturated rings. The van der Waals surface area contributed by atoms with Crippen molar-refractivity contribution in [3.8, 4) is 11.3 Å². The summed E-state index contributed by atoms with van der Waals surface area (Å²) in [4.78, 5) is 29.9. The highest BCUT2D eigenvalue weighted by molar-refractivity contribution is 7.16. The molecular weight excluding hydrogens is 506 g/mol. The first-order valence-electron chi connectivity index (χ1n) is 11.2. The van der Waals surface area contributed by atoms with Crippen molar-refractivity contribution in [3.63, 3.8) is 0 Å². The number of anilines is 1. The molecule has 8 nitrogen and oxygen atoms in total. The van der Waals surface area contributed by atoms with Crippen LogP contribution in [0.2, 0.25) is 4.34 Å². The number of nitrogen functional groups attached to an aromatic ring is 1. The van der Waals surface area contributed by atoms with Gasteiger partial charge < -0.3 is 15.0 Å². The van der Waals surface area contributed by atoms with Gasteiger partial charge in [-0.1, -0.05) is 11.6 Å². The van der Waals surface area contributed by atoms with Gasteiger partial charge in [0.2, 0.25) is 0 Å². The molecule has 182 valence electrons. The third-order valence-electron chi connectivity index (χ3n) is 5.99. The molecule has 1 saturated heterocycles. The van der Waals surface area contributed by atoms with Gasteiger partial charge in [0.25, 0.3) is 11.5 Å². The number of ether oxygens (including phenoxy) is 1. The number of hydrogen-bond donors (Lipinski definition) is 1. The second-order valence-corrected chi connectivity index (χ2v) is 10.8. The Labute approximate surface area is 215 Å². The quantitative estimate of drug-likeness (QED) is 0.392. The summed E-state index contributed by atoms with van der Waals surface area (Å²) in [5, 5.41) is 8.18. The minimum absolute atomic E-state index is 0.189. The van der Waals surface area contributed by atoms with E-state index in [0.29, 0.717) is 58.7 Å². The van der Waals surface area contributed by atoms with Gasteiger partial charge in [-0.15, -0.1) is 11.3 Å². The van der Waals surface area contributed by atoms with E-state index in [1.165, 1.54) is 27.4 Å². The predicted octanol–water partition coefficient (Wildman–Crippen LogP) is 3.68. The number of carbonyl (C=O) groups excluding carboxylic acids is 1. The number of nitrogens with zero attached hydrogens (tertiary/aromatic N) is 4. The first kappa shape index (κ1) is 24.0. The van der Waals surface area contributed by atoms with Crippen LogP contribution < -0.4 is 11.3 Å². The van der Waals surface area contributed by atoms with E-state index in [2.05, 4.69) is 10.00 Å². The average molecular weight is 530 g/mol. The topological polar surface area (TPSA) is 95.4 Å². The number of morpholine rings is 1. The molecule has 0 saturated carbocycles. The zero-order chi connectivity index (χ0) is 24.4. The fourth-order valence-electron chi connectivity index (χ4n) is 4.09. The summed E-state index contributed by atoms with van der Waals surface area (Å²) in [6.45, 7) is 4.41. The molecular formula is C24H24ClN5O3S2. The Balaban J connectivity index is 1.51. The van der Waals surface area contributed by atoms with Gasteiger partial charge >= 0.3 is 0 Å². The van der Waals surface area contributed by atoms with Crippen molar-refractivity contribution >= 4 is 45.9 Å². The van der Waals surface area contributed by atoms with Gasteiger partial charge in [-0.2, -0.15) is 21.1 Å². The van der Waals surface area contributed by atoms with Crippen LogP contribution in [0.3, 0.4) is 0 Å². The van der Waals surface area contributed by atoms with Crippen molar-refractivity contribution in [2.75, 3.05) is 38.6 Å². The maximum atomic E-state index is 13.4. The zero-order valence-corrected chi connectivity index (χ0v) is 21.2. The standard InChI is InChI=1S/C24H24ClN5O3S2/c25-20-4-3-17(35-20)14-19-21(26)22(27-30(19)23(31)16-5-13-34-15-16)18-2-1-6-29(24(18)32)8-7-28-9-11-33-12-10-28/h1-6,13,15H,7-12,14,26H2. The van der Waals surface area contributed by atoms with Crippen LogP contribution in [0, 0.1) is 0 Å². The first-order chi connectivity index (χ1) is 17.0. The lowest BCUT2D eigenvalue weighted by Crippen LogP contribution is -2.39. The van der Waals surface area contributed by atoms with Crippen molar-refractivity contribution in [3.05, 3.63) is 78.1 Å². The Morgan fingerprint density at radius 1 is 1.17 bits per heavy atom. The van der Waals surface area contributed by atoms with Crippen molar-refractivity contribution < 1.29 is 9.53 Å². The van der Waals surface area contributed by atoms with Crippen LogP contribution in [-0.4, -0.2) is 58.0 Å². The molecule has 11 heteroatoms. The van der Waals surface area contributed by atoms with Gasteiger partial charge in [0.15, 0.2) is 0 Å². The Hall–Kier alpha value is -2.76. The highest BCUT2D eigenvalue weighted by atomic mass is 35.5. The second kappa shape index (κ2) is 10.5. The Morgan fingerprint density at radius 3 is 2.71 bits per heavy atom. The lowest BCUT2D eigenvalue weighted by atomic mass is 10.1. The van der Waals surface area contributed by atoms with E-state index < -0.39 is 0 Å². The molecule has 0 aromatic carbocycles. The molecule has 5 heterocycles. The molecule has 0 aliphatic carbocycles. The van der Waals surface area contributed by atoms with Crippen molar-refractivity contribution in [1.29, 1.82) is 0 Å². The number of hydrogen-bond acceptors (Lipinski definition) is 8. The van der Waals surface area contributed by atoms with E-state index >= 15 is 0 Å². The maximum Gasteiger partial charge on any atom is 0.279 e. The Kier molecular flexibility index (Phi) is 7.17. The molecule has 5 rings (SSSR count). The summed E-state index contributed by atoms with van der Waals surface area (Å²) >= 11 is 8.97. The summed E-state index contributed by atoms with van der Waals surface area (Å²) in [7, 11) is 0. The van der Waals surface area contributed by atoms with Crippen molar-refractivity contribution in [1.82, 2.24) is 19.2 Å². The molecule has 0 amide bonds. The summed E-state index contributed by atoms with van der Waals surface area (Å²) in [5.74, 6) is -0.287. The Bertz CT molecular complexity index is 1390. The predicted molar refractivity (Wildman–Crippen MR) is 140 cm³/mol. The van der Waals surface area contributed by atoms with Gasteiger partial charge in [0.1, 0.15) is 5.69 Å². The van der Waals surface area contributed by atoms with Gasteiger partial charge in [-0.05, 0) is 35.7 Å². The van der Waals surface area contributed by atoms with Crippen LogP contribution in [-0.2, 0) is 17.7 Å². The Morgan fingerprint density at radius 2 is 2.00 bits per heavy atom. The lowest BCUT2D eigenvalue weighted by Gasteiger charge is -2.26. The number of carbonyl (C=O) groups is 1. The van der Waals surface area contributed by atoms with E-state index in [-0.39, 0.29) is 11.5 Å². The summed E-state index contributed by atoms with van der Waals surface area (Å²) < 4.78 is 9.05. The average Bonchev–Trinajstić information content (AvgIpc) is 3.61. The number of thiophene rings is 2. The zero-order valence-electron chi connectivity index (χ0n) is 18.9. The van der Waals surface area contributed by atoms with Crippen LogP contribution in [0.15, 0.2) is 52.1 Å². The number of rotatable bonds is 7. The minimum atomic E-state index is -0.287. The number of pyridine rings is 1. The van der Waals surface area contributed by atoms with Crippen LogP contribution in [0.25, 0.3) is 11.3 Å². The van der Waals surface area contributed by atoms with E-state index in [0.717, 1.165) is 24.5 Å². The molecule has 1 aliphatic rings. The van der Waals surface area contributed by atoms with Crippen LogP contribution in [0.4, 0.5) is 5.69 Å². The van der Waals surface area contributed by atoms with E-state index in [9.17, 15) is 9.59 Å². The largest absolute Gasteiger partial charge is 0.395 e. The van der Waals surface area contributed by atoms with Gasteiger partial charge in [0.05, 0.1) is 40.1 Å². The first-order valence-corrected chi connectivity index (χ1v) is 13.3. The van der Waals surface area contributed by atoms with E-state index in [4.69, 9.17) is 22.1 Å². The summed E-state index contributed by atoms with van der Waals surface area (Å²) in [5.41, 5.74) is 8.44. The van der Waals surface area contributed by atoms with Gasteiger partial charge in [0, 0.05) is 49.1 Å². The molecule has 0 spiro atoms. The molecule has 35 heavy (non-hydrogen) atoms. The summed E-state index contributed by atoms with van der Waals surface area (Å²) in [6.07, 6.45) is 2.15. The molecule has 0 radical (unpaired) electrons. The highest BCUT2D eigenvalue weighted by Gasteiger charge is 2.24. The second-order valence-electron chi connectivity index (χ2n) is 8.19. The summed E-state index contributed by atoms with van der Waals surface area (Å²) in [6, 6.07) is 8.98. The van der Waals surface area contributed by atoms with E-state index in [1.807, 2.05) is 23.6 Å². The smallest absolute Gasteiger partial charge is 0.279 e. The van der Waals surface area contributed by atoms with Crippen LogP contribution in [0.1, 0.15) is 20.9 Å². The molecule has 4 aromatic heterocycles. The fraction of sp³-hybridized carbons (Fsp3) is 0.292. The van der Waals surface area contributed by atoms with Gasteiger partial charge in [-0.25, -0.2) is 0 Å². The molecule has 1 aliphatic heterocycles. The van der Waals surface area contributed by atoms with Crippen molar-refractivity contribution in [2.45, 2.75) is 13.0 Å².